The number of nitrogens with zero attached hydrogens (tertiary/aromatic N) is 2. The van der Waals surface area contributed by atoms with E-state index in [2.05, 4.69) is 40.7 Å². The van der Waals surface area contributed by atoms with E-state index in [0.29, 0.717) is 13.0 Å². The molecule has 0 aliphatic carbocycles. The van der Waals surface area contributed by atoms with Gasteiger partial charge >= 0.3 is 0 Å². The highest BCUT2D eigenvalue weighted by atomic mass is 16.1. The summed E-state index contributed by atoms with van der Waals surface area (Å²) in [7, 11) is 1.94. The Kier molecular flexibility index (Phi) is 4.65. The van der Waals surface area contributed by atoms with Crippen LogP contribution in [-0.4, -0.2) is 15.7 Å². The molecule has 4 heteroatoms. The molecule has 24 heavy (non-hydrogen) atoms. The summed E-state index contributed by atoms with van der Waals surface area (Å²) in [6, 6.07) is 14.5. The summed E-state index contributed by atoms with van der Waals surface area (Å²) in [4.78, 5) is 12.1. The van der Waals surface area contributed by atoms with Crippen LogP contribution in [0.15, 0.2) is 42.5 Å². The number of amides is 1. The number of hydrogen-bond acceptors (Lipinski definition) is 2. The molecule has 0 bridgehead atoms. The molecule has 3 rings (SSSR count). The van der Waals surface area contributed by atoms with Crippen LogP contribution in [0.1, 0.15) is 28.9 Å². The average Bonchev–Trinajstić information content (AvgIpc) is 2.83. The number of nitrogens with one attached hydrogen (secondary N) is 1. The largest absolute Gasteiger partial charge is 0.352 e. The predicted molar refractivity (Wildman–Crippen MR) is 96.8 cm³/mol. The lowest BCUT2D eigenvalue weighted by atomic mass is 10.1. The summed E-state index contributed by atoms with van der Waals surface area (Å²) in [5.74, 6) is 0.0748. The van der Waals surface area contributed by atoms with Crippen LogP contribution >= 0.6 is 0 Å². The van der Waals surface area contributed by atoms with E-state index in [9.17, 15) is 4.79 Å². The van der Waals surface area contributed by atoms with Crippen molar-refractivity contribution in [2.75, 3.05) is 0 Å². The molecule has 0 unspecified atom stereocenters. The first-order valence-corrected chi connectivity index (χ1v) is 8.28. The Balaban J connectivity index is 1.56. The molecule has 1 N–H and O–H groups in total. The molecular weight excluding hydrogens is 298 g/mol. The van der Waals surface area contributed by atoms with Gasteiger partial charge in [0.15, 0.2) is 0 Å². The van der Waals surface area contributed by atoms with Crippen molar-refractivity contribution in [1.29, 1.82) is 0 Å². The first kappa shape index (κ1) is 16.2. The normalized spacial score (nSPS) is 11.0. The van der Waals surface area contributed by atoms with Gasteiger partial charge in [0.1, 0.15) is 0 Å². The summed E-state index contributed by atoms with van der Waals surface area (Å²) < 4.78 is 1.87. The summed E-state index contributed by atoms with van der Waals surface area (Å²) in [6.45, 7) is 4.60. The van der Waals surface area contributed by atoms with Crippen molar-refractivity contribution < 1.29 is 4.79 Å². The molecule has 0 saturated carbocycles. The van der Waals surface area contributed by atoms with Crippen molar-refractivity contribution in [2.45, 2.75) is 33.2 Å². The molecule has 0 spiro atoms. The topological polar surface area (TPSA) is 46.9 Å². The van der Waals surface area contributed by atoms with E-state index in [-0.39, 0.29) is 5.91 Å². The van der Waals surface area contributed by atoms with Crippen molar-refractivity contribution in [3.05, 3.63) is 65.0 Å². The smallest absolute Gasteiger partial charge is 0.220 e. The zero-order chi connectivity index (χ0) is 17.1. The third-order valence-corrected chi connectivity index (χ3v) is 4.56. The Bertz CT molecular complexity index is 880. The fraction of sp³-hybridized carbons (Fsp3) is 0.300. The van der Waals surface area contributed by atoms with Gasteiger partial charge in [-0.2, -0.15) is 5.10 Å². The molecule has 0 fully saturated rings. The van der Waals surface area contributed by atoms with Gasteiger partial charge in [0.05, 0.1) is 5.69 Å². The van der Waals surface area contributed by atoms with E-state index in [0.717, 1.165) is 23.4 Å². The molecule has 0 aliphatic heterocycles. The number of rotatable bonds is 5. The molecule has 0 radical (unpaired) electrons. The quantitative estimate of drug-likeness (QED) is 0.782. The summed E-state index contributed by atoms with van der Waals surface area (Å²) in [6.07, 6.45) is 1.22. The van der Waals surface area contributed by atoms with Gasteiger partial charge < -0.3 is 5.32 Å². The van der Waals surface area contributed by atoms with Crippen molar-refractivity contribution in [2.24, 2.45) is 7.05 Å². The Labute approximate surface area is 142 Å². The highest BCUT2D eigenvalue weighted by Crippen LogP contribution is 2.16. The number of aryl methyl sites for hydroxylation is 2. The lowest BCUT2D eigenvalue weighted by Crippen LogP contribution is -2.23. The maximum absolute atomic E-state index is 12.1. The van der Waals surface area contributed by atoms with E-state index < -0.39 is 0 Å². The lowest BCUT2D eigenvalue weighted by molar-refractivity contribution is -0.121. The number of carbonyl (C=O) groups is 1. The standard InChI is InChI=1S/C20H23N3O/c1-14-19(15(2)23(3)22-14)10-11-20(24)21-13-16-8-9-17-6-4-5-7-18(17)12-16/h4-9,12H,10-11,13H2,1-3H3,(H,21,24). The minimum Gasteiger partial charge on any atom is -0.352 e. The van der Waals surface area contributed by atoms with Crippen LogP contribution < -0.4 is 5.32 Å². The third-order valence-electron chi connectivity index (χ3n) is 4.56. The van der Waals surface area contributed by atoms with Crippen LogP contribution in [0, 0.1) is 13.8 Å². The molecule has 0 atom stereocenters. The van der Waals surface area contributed by atoms with Gasteiger partial charge in [-0.25, -0.2) is 0 Å². The number of benzene rings is 2. The third kappa shape index (κ3) is 3.48. The molecule has 3 aromatic rings. The van der Waals surface area contributed by atoms with Gasteiger partial charge in [0.25, 0.3) is 0 Å². The minimum atomic E-state index is 0.0748. The van der Waals surface area contributed by atoms with Crippen LogP contribution in [0.5, 0.6) is 0 Å². The highest BCUT2D eigenvalue weighted by molar-refractivity contribution is 5.83. The number of fused-ring (bicyclic) bond motifs is 1. The maximum atomic E-state index is 12.1. The van der Waals surface area contributed by atoms with Gasteiger partial charge in [0.2, 0.25) is 5.91 Å². The second-order valence-electron chi connectivity index (χ2n) is 6.23. The number of carbonyl (C=O) groups excluding carboxylic acids is 1. The molecule has 2 aromatic carbocycles. The monoisotopic (exact) mass is 321 g/mol. The van der Waals surface area contributed by atoms with E-state index in [1.807, 2.05) is 37.7 Å². The van der Waals surface area contributed by atoms with Gasteiger partial charge in [-0.1, -0.05) is 36.4 Å². The van der Waals surface area contributed by atoms with E-state index in [4.69, 9.17) is 0 Å². The minimum absolute atomic E-state index is 0.0748. The van der Waals surface area contributed by atoms with E-state index >= 15 is 0 Å². The molecule has 1 amide bonds. The number of aromatic nitrogens is 2. The van der Waals surface area contributed by atoms with Crippen molar-refractivity contribution in [1.82, 2.24) is 15.1 Å². The first-order valence-electron chi connectivity index (χ1n) is 8.28. The Hall–Kier alpha value is -2.62. The summed E-state index contributed by atoms with van der Waals surface area (Å²) >= 11 is 0. The zero-order valence-corrected chi connectivity index (χ0v) is 14.5. The average molecular weight is 321 g/mol. The van der Waals surface area contributed by atoms with Crippen LogP contribution in [0.3, 0.4) is 0 Å². The van der Waals surface area contributed by atoms with Crippen LogP contribution in [0.25, 0.3) is 10.8 Å². The lowest BCUT2D eigenvalue weighted by Gasteiger charge is -2.07. The predicted octanol–water partition coefficient (Wildman–Crippen LogP) is 3.44. The zero-order valence-electron chi connectivity index (χ0n) is 14.5. The maximum Gasteiger partial charge on any atom is 0.220 e. The van der Waals surface area contributed by atoms with Gasteiger partial charge in [0, 0.05) is 25.7 Å². The van der Waals surface area contributed by atoms with Crippen LogP contribution in [-0.2, 0) is 24.8 Å². The van der Waals surface area contributed by atoms with E-state index in [1.165, 1.54) is 16.3 Å². The number of hydrogen-bond donors (Lipinski definition) is 1. The first-order chi connectivity index (χ1) is 11.5. The van der Waals surface area contributed by atoms with Crippen LogP contribution in [0.4, 0.5) is 0 Å². The Morgan fingerprint density at radius 3 is 2.58 bits per heavy atom. The van der Waals surface area contributed by atoms with Crippen molar-refractivity contribution in [3.8, 4) is 0 Å². The SMILES string of the molecule is Cc1nn(C)c(C)c1CCC(=O)NCc1ccc2ccccc2c1. The van der Waals surface area contributed by atoms with Gasteiger partial charge in [-0.05, 0) is 48.2 Å². The molecule has 0 aliphatic rings. The second kappa shape index (κ2) is 6.87. The fourth-order valence-electron chi connectivity index (χ4n) is 3.06. The van der Waals surface area contributed by atoms with E-state index in [1.54, 1.807) is 0 Å². The van der Waals surface area contributed by atoms with Gasteiger partial charge in [-0.15, -0.1) is 0 Å². The second-order valence-corrected chi connectivity index (χ2v) is 6.23. The fourth-order valence-corrected chi connectivity index (χ4v) is 3.06. The molecule has 124 valence electrons. The van der Waals surface area contributed by atoms with Crippen LogP contribution in [0.2, 0.25) is 0 Å². The van der Waals surface area contributed by atoms with Gasteiger partial charge in [-0.3, -0.25) is 9.48 Å². The summed E-state index contributed by atoms with van der Waals surface area (Å²) in [5, 5.41) is 9.83. The Morgan fingerprint density at radius 2 is 1.88 bits per heavy atom. The van der Waals surface area contributed by atoms with Crippen molar-refractivity contribution in [3.63, 3.8) is 0 Å². The van der Waals surface area contributed by atoms with Crippen molar-refractivity contribution >= 4 is 16.7 Å². The summed E-state index contributed by atoms with van der Waals surface area (Å²) in [5.41, 5.74) is 4.45. The molecule has 0 saturated heterocycles. The highest BCUT2D eigenvalue weighted by Gasteiger charge is 2.11. The molecule has 1 heterocycles. The molecular formula is C20H23N3O. The Morgan fingerprint density at radius 1 is 1.12 bits per heavy atom. The molecule has 4 nitrogen and oxygen atoms in total. The molecule has 1 aromatic heterocycles.